The molecular weight excluding hydrogens is 319 g/mol. The summed E-state index contributed by atoms with van der Waals surface area (Å²) < 4.78 is 13.3. The highest BCUT2D eigenvalue weighted by Gasteiger charge is 2.28. The molecule has 0 fully saturated rings. The topological polar surface area (TPSA) is 78.4 Å². The van der Waals surface area contributed by atoms with E-state index in [1.54, 1.807) is 0 Å². The van der Waals surface area contributed by atoms with Gasteiger partial charge in [0.25, 0.3) is 0 Å². The van der Waals surface area contributed by atoms with Crippen molar-refractivity contribution >= 4 is 27.9 Å². The van der Waals surface area contributed by atoms with Crippen LogP contribution in [0.4, 0.5) is 9.18 Å². The van der Waals surface area contributed by atoms with E-state index in [0.717, 1.165) is 0 Å². The fourth-order valence-corrected chi connectivity index (χ4v) is 1.64. The molecule has 7 heteroatoms. The second-order valence-electron chi connectivity index (χ2n) is 4.49. The van der Waals surface area contributed by atoms with Crippen molar-refractivity contribution in [3.05, 3.63) is 34.1 Å². The molecule has 19 heavy (non-hydrogen) atoms. The van der Waals surface area contributed by atoms with E-state index in [4.69, 9.17) is 5.11 Å². The smallest absolute Gasteiger partial charge is 0.328 e. The number of nitrogens with one attached hydrogen (secondary N) is 2. The second-order valence-corrected chi connectivity index (χ2v) is 5.34. The van der Waals surface area contributed by atoms with Crippen molar-refractivity contribution in [3.63, 3.8) is 0 Å². The number of rotatable bonds is 4. The zero-order chi connectivity index (χ0) is 14.6. The summed E-state index contributed by atoms with van der Waals surface area (Å²) in [5.41, 5.74) is -0.662. The number of carboxylic acids is 1. The predicted molar refractivity (Wildman–Crippen MR) is 71.2 cm³/mol. The first kappa shape index (κ1) is 15.4. The zero-order valence-corrected chi connectivity index (χ0v) is 12.0. The van der Waals surface area contributed by atoms with Gasteiger partial charge in [-0.2, -0.15) is 0 Å². The molecule has 5 nitrogen and oxygen atoms in total. The molecule has 1 rings (SSSR count). The van der Waals surface area contributed by atoms with Gasteiger partial charge in [0.2, 0.25) is 0 Å². The van der Waals surface area contributed by atoms with Gasteiger partial charge < -0.3 is 15.7 Å². The van der Waals surface area contributed by atoms with Crippen LogP contribution in [0.3, 0.4) is 0 Å². The van der Waals surface area contributed by atoms with E-state index < -0.39 is 17.5 Å². The predicted octanol–water partition coefficient (Wildman–Crippen LogP) is 2.25. The van der Waals surface area contributed by atoms with Gasteiger partial charge in [0, 0.05) is 6.54 Å². The molecule has 1 aromatic carbocycles. The molecule has 0 aliphatic rings. The van der Waals surface area contributed by atoms with Crippen LogP contribution in [0.1, 0.15) is 19.4 Å². The van der Waals surface area contributed by atoms with Crippen molar-refractivity contribution in [2.45, 2.75) is 25.9 Å². The van der Waals surface area contributed by atoms with Gasteiger partial charge in [0.1, 0.15) is 11.4 Å². The van der Waals surface area contributed by atoms with Crippen LogP contribution in [0.15, 0.2) is 22.7 Å². The molecule has 1 aromatic rings. The van der Waals surface area contributed by atoms with E-state index in [2.05, 4.69) is 26.6 Å². The molecule has 0 aliphatic heterocycles. The van der Waals surface area contributed by atoms with Gasteiger partial charge in [-0.05, 0) is 47.5 Å². The van der Waals surface area contributed by atoms with Crippen LogP contribution in [0.2, 0.25) is 0 Å². The average molecular weight is 333 g/mol. The van der Waals surface area contributed by atoms with E-state index in [0.29, 0.717) is 10.0 Å². The molecule has 0 radical (unpaired) electrons. The van der Waals surface area contributed by atoms with Crippen molar-refractivity contribution in [2.24, 2.45) is 0 Å². The van der Waals surface area contributed by atoms with Gasteiger partial charge in [-0.25, -0.2) is 14.0 Å². The first-order valence-corrected chi connectivity index (χ1v) is 6.25. The lowest BCUT2D eigenvalue weighted by Gasteiger charge is -2.21. The summed E-state index contributed by atoms with van der Waals surface area (Å²) in [5, 5.41) is 13.7. The highest BCUT2D eigenvalue weighted by molar-refractivity contribution is 9.10. The zero-order valence-electron chi connectivity index (χ0n) is 10.5. The molecule has 0 unspecified atom stereocenters. The first-order valence-electron chi connectivity index (χ1n) is 5.45. The van der Waals surface area contributed by atoms with E-state index in [-0.39, 0.29) is 12.4 Å². The maximum atomic E-state index is 13.0. The lowest BCUT2D eigenvalue weighted by atomic mass is 10.1. The van der Waals surface area contributed by atoms with Crippen molar-refractivity contribution in [3.8, 4) is 0 Å². The number of benzene rings is 1. The molecule has 3 N–H and O–H groups in total. The molecule has 0 saturated heterocycles. The Balaban J connectivity index is 2.55. The summed E-state index contributed by atoms with van der Waals surface area (Å²) in [6, 6.07) is 3.74. The summed E-state index contributed by atoms with van der Waals surface area (Å²) in [6.45, 7) is 2.92. The minimum Gasteiger partial charge on any atom is -0.480 e. The summed E-state index contributed by atoms with van der Waals surface area (Å²) in [5.74, 6) is -1.52. The summed E-state index contributed by atoms with van der Waals surface area (Å²) in [4.78, 5) is 22.3. The van der Waals surface area contributed by atoms with Gasteiger partial charge in [-0.3, -0.25) is 0 Å². The van der Waals surface area contributed by atoms with Gasteiger partial charge in [0.05, 0.1) is 4.47 Å². The maximum Gasteiger partial charge on any atom is 0.328 e. The van der Waals surface area contributed by atoms with Crippen molar-refractivity contribution in [1.29, 1.82) is 0 Å². The highest BCUT2D eigenvalue weighted by atomic mass is 79.9. The van der Waals surface area contributed by atoms with Crippen LogP contribution >= 0.6 is 15.9 Å². The quantitative estimate of drug-likeness (QED) is 0.791. The van der Waals surface area contributed by atoms with Crippen molar-refractivity contribution in [2.75, 3.05) is 0 Å². The Bertz CT molecular complexity index is 506. The van der Waals surface area contributed by atoms with Crippen molar-refractivity contribution in [1.82, 2.24) is 10.6 Å². The van der Waals surface area contributed by atoms with Gasteiger partial charge in [-0.15, -0.1) is 0 Å². The molecule has 0 aliphatic carbocycles. The van der Waals surface area contributed by atoms with Crippen LogP contribution in [0.25, 0.3) is 0 Å². The molecule has 0 aromatic heterocycles. The Morgan fingerprint density at radius 3 is 2.58 bits per heavy atom. The van der Waals surface area contributed by atoms with Crippen LogP contribution in [-0.2, 0) is 11.3 Å². The third-order valence-electron chi connectivity index (χ3n) is 2.40. The molecule has 0 spiro atoms. The van der Waals surface area contributed by atoms with Crippen LogP contribution in [0.5, 0.6) is 0 Å². The lowest BCUT2D eigenvalue weighted by Crippen LogP contribution is -2.52. The van der Waals surface area contributed by atoms with E-state index >= 15 is 0 Å². The number of carbonyl (C=O) groups excluding carboxylic acids is 1. The maximum absolute atomic E-state index is 13.0. The SMILES string of the molecule is CC(C)(NC(=O)NCc1ccc(F)c(Br)c1)C(=O)O. The Kier molecular flexibility index (Phi) is 4.88. The number of carboxylic acid groups (broad SMARTS) is 1. The van der Waals surface area contributed by atoms with Gasteiger partial charge >= 0.3 is 12.0 Å². The normalized spacial score (nSPS) is 10.9. The minimum atomic E-state index is -1.35. The van der Waals surface area contributed by atoms with Crippen molar-refractivity contribution < 1.29 is 19.1 Å². The highest BCUT2D eigenvalue weighted by Crippen LogP contribution is 2.16. The molecule has 2 amide bonds. The van der Waals surface area contributed by atoms with E-state index in [1.165, 1.54) is 32.0 Å². The Labute approximate surface area is 118 Å². The average Bonchev–Trinajstić information content (AvgIpc) is 2.30. The largest absolute Gasteiger partial charge is 0.480 e. The fraction of sp³-hybridized carbons (Fsp3) is 0.333. The van der Waals surface area contributed by atoms with Gasteiger partial charge in [0.15, 0.2) is 0 Å². The molecule has 0 saturated carbocycles. The third-order valence-corrected chi connectivity index (χ3v) is 3.01. The Hall–Kier alpha value is -1.63. The molecule has 0 heterocycles. The molecule has 104 valence electrons. The molecular formula is C12H14BrFN2O3. The molecule has 0 atom stereocenters. The van der Waals surface area contributed by atoms with E-state index in [1.807, 2.05) is 0 Å². The summed E-state index contributed by atoms with van der Waals surface area (Å²) in [6.07, 6.45) is 0. The standard InChI is InChI=1S/C12H14BrFN2O3/c1-12(2,10(17)18)16-11(19)15-6-7-3-4-9(14)8(13)5-7/h3-5H,6H2,1-2H3,(H,17,18)(H2,15,16,19). The number of urea groups is 1. The Morgan fingerprint density at radius 2 is 2.05 bits per heavy atom. The number of aliphatic carboxylic acids is 1. The number of halogens is 2. The minimum absolute atomic E-state index is 0.167. The summed E-state index contributed by atoms with van der Waals surface area (Å²) in [7, 11) is 0. The number of amides is 2. The number of hydrogen-bond acceptors (Lipinski definition) is 2. The second kappa shape index (κ2) is 6.01. The number of carbonyl (C=O) groups is 2. The van der Waals surface area contributed by atoms with E-state index in [9.17, 15) is 14.0 Å². The van der Waals surface area contributed by atoms with Crippen LogP contribution < -0.4 is 10.6 Å². The lowest BCUT2D eigenvalue weighted by molar-refractivity contribution is -0.142. The Morgan fingerprint density at radius 1 is 1.42 bits per heavy atom. The van der Waals surface area contributed by atoms with Gasteiger partial charge in [-0.1, -0.05) is 6.07 Å². The van der Waals surface area contributed by atoms with Crippen LogP contribution in [0, 0.1) is 5.82 Å². The molecule has 0 bridgehead atoms. The number of hydrogen-bond donors (Lipinski definition) is 3. The summed E-state index contributed by atoms with van der Waals surface area (Å²) >= 11 is 3.04. The third kappa shape index (κ3) is 4.51. The fourth-order valence-electron chi connectivity index (χ4n) is 1.21. The monoisotopic (exact) mass is 332 g/mol. The first-order chi connectivity index (χ1) is 8.72. The van der Waals surface area contributed by atoms with Crippen LogP contribution in [-0.4, -0.2) is 22.6 Å².